The van der Waals surface area contributed by atoms with Gasteiger partial charge in [0.15, 0.2) is 0 Å². The maximum atomic E-state index is 13.2. The molecule has 0 saturated heterocycles. The standard InChI is InChI=1S/C31H42N2O4/c1-5-7-9-11-17-36-30(34)28-22(3)13-15-26-24(28)19-32-21-33(26)20-25-27(32)16-14-23(4)29(25)31(35)37-18-12-10-8-6-2/h13-16H,5-12,17-21H2,1-4H3. The van der Waals surface area contributed by atoms with Crippen LogP contribution in [0.2, 0.25) is 0 Å². The van der Waals surface area contributed by atoms with Gasteiger partial charge in [0.25, 0.3) is 0 Å². The topological polar surface area (TPSA) is 59.1 Å². The fourth-order valence-corrected chi connectivity index (χ4v) is 5.53. The van der Waals surface area contributed by atoms with Crippen LogP contribution in [0.3, 0.4) is 0 Å². The van der Waals surface area contributed by atoms with Gasteiger partial charge in [0.2, 0.25) is 0 Å². The van der Waals surface area contributed by atoms with Crippen LogP contribution in [0.4, 0.5) is 11.4 Å². The number of ether oxygens (including phenoxy) is 2. The first kappa shape index (κ1) is 27.0. The maximum Gasteiger partial charge on any atom is 0.338 e. The van der Waals surface area contributed by atoms with Crippen LogP contribution in [0, 0.1) is 13.8 Å². The van der Waals surface area contributed by atoms with Crippen molar-refractivity contribution >= 4 is 23.3 Å². The quantitative estimate of drug-likeness (QED) is 0.227. The van der Waals surface area contributed by atoms with Crippen LogP contribution in [0.15, 0.2) is 24.3 Å². The number of fused-ring (bicyclic) bond motifs is 6. The zero-order chi connectivity index (χ0) is 26.4. The second-order valence-electron chi connectivity index (χ2n) is 10.4. The van der Waals surface area contributed by atoms with E-state index in [1.165, 1.54) is 0 Å². The Morgan fingerprint density at radius 2 is 1.11 bits per heavy atom. The van der Waals surface area contributed by atoms with E-state index in [-0.39, 0.29) is 11.9 Å². The second-order valence-corrected chi connectivity index (χ2v) is 10.4. The van der Waals surface area contributed by atoms with Crippen LogP contribution >= 0.6 is 0 Å². The molecule has 6 heteroatoms. The van der Waals surface area contributed by atoms with Crippen molar-refractivity contribution in [2.75, 3.05) is 29.7 Å². The van der Waals surface area contributed by atoms with Crippen LogP contribution in [0.25, 0.3) is 0 Å². The normalized spacial score (nSPS) is 13.7. The Hall–Kier alpha value is -3.02. The van der Waals surface area contributed by atoms with E-state index in [1.807, 2.05) is 26.0 Å². The Bertz CT molecular complexity index is 1040. The third-order valence-electron chi connectivity index (χ3n) is 7.58. The molecular weight excluding hydrogens is 464 g/mol. The minimum absolute atomic E-state index is 0.232. The molecule has 0 amide bonds. The predicted octanol–water partition coefficient (Wildman–Crippen LogP) is 7.08. The van der Waals surface area contributed by atoms with Crippen molar-refractivity contribution in [3.8, 4) is 0 Å². The summed E-state index contributed by atoms with van der Waals surface area (Å²) < 4.78 is 11.4. The van der Waals surface area contributed by atoms with Gasteiger partial charge >= 0.3 is 11.9 Å². The van der Waals surface area contributed by atoms with Gasteiger partial charge in [-0.25, -0.2) is 9.59 Å². The van der Waals surface area contributed by atoms with E-state index < -0.39 is 0 Å². The molecule has 6 nitrogen and oxygen atoms in total. The molecule has 0 saturated carbocycles. The van der Waals surface area contributed by atoms with Gasteiger partial charge in [0.1, 0.15) is 0 Å². The van der Waals surface area contributed by atoms with Crippen LogP contribution in [0.5, 0.6) is 0 Å². The molecule has 0 aliphatic carbocycles. The molecule has 2 aromatic carbocycles. The summed E-state index contributed by atoms with van der Waals surface area (Å²) in [6.45, 7) is 11.2. The number of esters is 2. The van der Waals surface area contributed by atoms with Crippen molar-refractivity contribution < 1.29 is 19.1 Å². The van der Waals surface area contributed by atoms with Crippen LogP contribution < -0.4 is 9.80 Å². The van der Waals surface area contributed by atoms with E-state index >= 15 is 0 Å². The smallest absolute Gasteiger partial charge is 0.338 e. The Morgan fingerprint density at radius 3 is 1.51 bits per heavy atom. The highest BCUT2D eigenvalue weighted by atomic mass is 16.5. The van der Waals surface area contributed by atoms with E-state index in [2.05, 4.69) is 35.8 Å². The fraction of sp³-hybridized carbons (Fsp3) is 0.548. The largest absolute Gasteiger partial charge is 0.462 e. The monoisotopic (exact) mass is 506 g/mol. The Balaban J connectivity index is 1.56. The summed E-state index contributed by atoms with van der Waals surface area (Å²) >= 11 is 0. The summed E-state index contributed by atoms with van der Waals surface area (Å²) in [5, 5.41) is 0. The van der Waals surface area contributed by atoms with E-state index in [0.29, 0.717) is 37.4 Å². The number of nitrogens with zero attached hydrogens (tertiary/aromatic N) is 2. The van der Waals surface area contributed by atoms with Gasteiger partial charge in [-0.2, -0.15) is 0 Å². The maximum absolute atomic E-state index is 13.2. The van der Waals surface area contributed by atoms with E-state index in [4.69, 9.17) is 9.47 Å². The molecule has 0 radical (unpaired) electrons. The molecule has 0 N–H and O–H groups in total. The lowest BCUT2D eigenvalue weighted by Gasteiger charge is -2.46. The summed E-state index contributed by atoms with van der Waals surface area (Å²) in [5.41, 5.74) is 7.37. The molecule has 0 spiro atoms. The Morgan fingerprint density at radius 1 is 0.676 bits per heavy atom. The third-order valence-corrected chi connectivity index (χ3v) is 7.58. The van der Waals surface area contributed by atoms with Gasteiger partial charge in [-0.1, -0.05) is 64.5 Å². The van der Waals surface area contributed by atoms with Crippen molar-refractivity contribution in [1.29, 1.82) is 0 Å². The SMILES string of the molecule is CCCCCCOC(=O)c1c(C)ccc2c1CN1CN2Cc2c1ccc(C)c2C(=O)OCCCCCC. The molecule has 37 heavy (non-hydrogen) atoms. The number of carbonyl (C=O) groups excluding carboxylic acids is 2. The minimum Gasteiger partial charge on any atom is -0.462 e. The lowest BCUT2D eigenvalue weighted by molar-refractivity contribution is 0.0486. The number of rotatable bonds is 12. The predicted molar refractivity (Wildman–Crippen MR) is 148 cm³/mol. The number of aryl methyl sites for hydroxylation is 2. The van der Waals surface area contributed by atoms with Crippen molar-refractivity contribution in [3.63, 3.8) is 0 Å². The molecule has 2 aliphatic heterocycles. The molecule has 0 atom stereocenters. The van der Waals surface area contributed by atoms with Gasteiger partial charge < -0.3 is 19.3 Å². The third kappa shape index (κ3) is 5.94. The average molecular weight is 507 g/mol. The van der Waals surface area contributed by atoms with Crippen molar-refractivity contribution in [1.82, 2.24) is 0 Å². The van der Waals surface area contributed by atoms with Crippen LogP contribution in [-0.4, -0.2) is 31.8 Å². The molecule has 0 aromatic heterocycles. The molecule has 2 bridgehead atoms. The van der Waals surface area contributed by atoms with E-state index in [1.54, 1.807) is 0 Å². The second kappa shape index (κ2) is 12.5. The summed E-state index contributed by atoms with van der Waals surface area (Å²) in [6.07, 6.45) is 8.59. The number of carbonyl (C=O) groups is 2. The number of hydrogen-bond acceptors (Lipinski definition) is 6. The van der Waals surface area contributed by atoms with Gasteiger partial charge in [0, 0.05) is 35.6 Å². The molecule has 0 unspecified atom stereocenters. The van der Waals surface area contributed by atoms with Gasteiger partial charge in [-0.15, -0.1) is 0 Å². The van der Waals surface area contributed by atoms with Crippen molar-refractivity contribution in [2.24, 2.45) is 0 Å². The highest BCUT2D eigenvalue weighted by Crippen LogP contribution is 2.42. The van der Waals surface area contributed by atoms with Crippen LogP contribution in [-0.2, 0) is 22.6 Å². The first-order chi connectivity index (χ1) is 18.0. The summed E-state index contributed by atoms with van der Waals surface area (Å²) in [6, 6.07) is 8.23. The Kier molecular flexibility index (Phi) is 9.12. The van der Waals surface area contributed by atoms with Gasteiger partial charge in [-0.3, -0.25) is 0 Å². The van der Waals surface area contributed by atoms with E-state index in [0.717, 1.165) is 91.7 Å². The summed E-state index contributed by atoms with van der Waals surface area (Å²) in [5.74, 6) is -0.464. The average Bonchev–Trinajstić information content (AvgIpc) is 2.88. The highest BCUT2D eigenvalue weighted by Gasteiger charge is 2.35. The lowest BCUT2D eigenvalue weighted by Crippen LogP contribution is -2.47. The molecule has 2 aliphatic rings. The molecular formula is C31H42N2O4. The summed E-state index contributed by atoms with van der Waals surface area (Å²) in [4.78, 5) is 30.9. The van der Waals surface area contributed by atoms with Crippen molar-refractivity contribution in [2.45, 2.75) is 92.2 Å². The van der Waals surface area contributed by atoms with Gasteiger partial charge in [-0.05, 0) is 49.9 Å². The number of anilines is 2. The number of unbranched alkanes of at least 4 members (excludes halogenated alkanes) is 6. The zero-order valence-corrected chi connectivity index (χ0v) is 23.0. The lowest BCUT2D eigenvalue weighted by atomic mass is 9.92. The molecule has 0 fully saturated rings. The minimum atomic E-state index is -0.232. The molecule has 2 aromatic rings. The number of hydrogen-bond donors (Lipinski definition) is 0. The van der Waals surface area contributed by atoms with E-state index in [9.17, 15) is 9.59 Å². The zero-order valence-electron chi connectivity index (χ0n) is 23.0. The molecule has 4 rings (SSSR count). The van der Waals surface area contributed by atoms with Crippen molar-refractivity contribution in [3.05, 3.63) is 57.6 Å². The molecule has 200 valence electrons. The van der Waals surface area contributed by atoms with Gasteiger partial charge in [0.05, 0.1) is 31.0 Å². The fourth-order valence-electron chi connectivity index (χ4n) is 5.53. The van der Waals surface area contributed by atoms with Crippen LogP contribution in [0.1, 0.15) is 108 Å². The number of benzene rings is 2. The first-order valence-corrected chi connectivity index (χ1v) is 14.0. The Labute approximate surface area is 221 Å². The highest BCUT2D eigenvalue weighted by molar-refractivity contribution is 5.97. The first-order valence-electron chi connectivity index (χ1n) is 14.0. The molecule has 2 heterocycles. The summed E-state index contributed by atoms with van der Waals surface area (Å²) in [7, 11) is 0.